The van der Waals surface area contributed by atoms with Gasteiger partial charge in [0.05, 0.1) is 11.6 Å². The van der Waals surface area contributed by atoms with Gasteiger partial charge in [0.2, 0.25) is 5.88 Å². The van der Waals surface area contributed by atoms with Crippen LogP contribution >= 0.6 is 0 Å². The summed E-state index contributed by atoms with van der Waals surface area (Å²) >= 11 is 0. The largest absolute Gasteiger partial charge is 0.445 e. The van der Waals surface area contributed by atoms with Crippen LogP contribution in [0.3, 0.4) is 0 Å². The Morgan fingerprint density at radius 1 is 1.23 bits per heavy atom. The Kier molecular flexibility index (Phi) is 4.90. The van der Waals surface area contributed by atoms with Gasteiger partial charge >= 0.3 is 0 Å². The van der Waals surface area contributed by atoms with Crippen molar-refractivity contribution in [2.75, 3.05) is 0 Å². The van der Waals surface area contributed by atoms with Gasteiger partial charge in [0.1, 0.15) is 17.4 Å². The van der Waals surface area contributed by atoms with Gasteiger partial charge in [-0.05, 0) is 30.5 Å². The quantitative estimate of drug-likeness (QED) is 0.866. The highest BCUT2D eigenvalue weighted by Gasteiger charge is 2.33. The molecule has 2 heterocycles. The fraction of sp³-hybridized carbons (Fsp3) is 0.182. The molecule has 130 valence electrons. The van der Waals surface area contributed by atoms with Crippen LogP contribution in [0.4, 0.5) is 0 Å². The molecule has 0 saturated carbocycles. The number of ether oxygens (including phenoxy) is 1. The first-order chi connectivity index (χ1) is 12.6. The lowest BCUT2D eigenvalue weighted by Gasteiger charge is -2.28. The highest BCUT2D eigenvalue weighted by molar-refractivity contribution is 5.63. The number of rotatable bonds is 4. The maximum atomic E-state index is 9.64. The van der Waals surface area contributed by atoms with Crippen molar-refractivity contribution < 1.29 is 4.74 Å². The lowest BCUT2D eigenvalue weighted by Crippen LogP contribution is -2.21. The van der Waals surface area contributed by atoms with Gasteiger partial charge in [-0.1, -0.05) is 49.9 Å². The van der Waals surface area contributed by atoms with Crippen molar-refractivity contribution in [3.05, 3.63) is 89.3 Å². The molecule has 2 N–H and O–H groups in total. The summed E-state index contributed by atoms with van der Waals surface area (Å²) in [4.78, 5) is 4.64. The normalized spacial score (nSPS) is 16.9. The van der Waals surface area contributed by atoms with Crippen LogP contribution in [0.25, 0.3) is 11.1 Å². The predicted molar refractivity (Wildman–Crippen MR) is 102 cm³/mol. The van der Waals surface area contributed by atoms with Gasteiger partial charge in [0.15, 0.2) is 0 Å². The smallest absolute Gasteiger partial charge is 0.205 e. The zero-order chi connectivity index (χ0) is 18.7. The molecule has 0 fully saturated rings. The number of nitrogens with two attached hydrogens (primary N) is 1. The van der Waals surface area contributed by atoms with Crippen molar-refractivity contribution in [1.82, 2.24) is 4.98 Å². The summed E-state index contributed by atoms with van der Waals surface area (Å²) in [6.07, 6.45) is 2.58. The molecule has 0 saturated heterocycles. The van der Waals surface area contributed by atoms with Crippen molar-refractivity contribution in [3.8, 4) is 17.2 Å². The molecule has 0 amide bonds. The molecule has 2 aromatic rings. The van der Waals surface area contributed by atoms with Crippen LogP contribution in [0.5, 0.6) is 0 Å². The van der Waals surface area contributed by atoms with Crippen LogP contribution in [0, 0.1) is 11.3 Å². The summed E-state index contributed by atoms with van der Waals surface area (Å²) in [6.45, 7) is 8.02. The van der Waals surface area contributed by atoms with Crippen molar-refractivity contribution in [2.24, 2.45) is 5.73 Å². The van der Waals surface area contributed by atoms with E-state index in [1.807, 2.05) is 62.5 Å². The lowest BCUT2D eigenvalue weighted by molar-refractivity contribution is 0.281. The SMILES string of the molecule is C=C(CC)C1=C(C)OC(N)=C(C#N)C1c1ccc(-c2ccccc2)cn1. The zero-order valence-corrected chi connectivity index (χ0v) is 15.0. The van der Waals surface area contributed by atoms with Crippen LogP contribution in [0.15, 0.2) is 83.6 Å². The summed E-state index contributed by atoms with van der Waals surface area (Å²) < 4.78 is 5.60. The van der Waals surface area contributed by atoms with E-state index in [1.54, 1.807) is 0 Å². The lowest BCUT2D eigenvalue weighted by atomic mass is 9.81. The first-order valence-electron chi connectivity index (χ1n) is 8.54. The number of hydrogen-bond donors (Lipinski definition) is 1. The third-order valence-electron chi connectivity index (χ3n) is 4.60. The van der Waals surface area contributed by atoms with E-state index in [0.717, 1.165) is 34.4 Å². The molecule has 26 heavy (non-hydrogen) atoms. The summed E-state index contributed by atoms with van der Waals surface area (Å²) in [5.41, 5.74) is 11.0. The fourth-order valence-corrected chi connectivity index (χ4v) is 3.20. The Morgan fingerprint density at radius 3 is 2.54 bits per heavy atom. The number of nitriles is 1. The third-order valence-corrected chi connectivity index (χ3v) is 4.60. The average Bonchev–Trinajstić information content (AvgIpc) is 2.68. The molecule has 3 rings (SSSR count). The Labute approximate surface area is 153 Å². The van der Waals surface area contributed by atoms with Crippen molar-refractivity contribution >= 4 is 0 Å². The van der Waals surface area contributed by atoms with E-state index >= 15 is 0 Å². The number of nitrogens with zero attached hydrogens (tertiary/aromatic N) is 2. The van der Waals surface area contributed by atoms with Gasteiger partial charge in [-0.3, -0.25) is 4.98 Å². The number of benzene rings is 1. The molecule has 1 aliphatic rings. The Hall–Kier alpha value is -3.32. The number of aromatic nitrogens is 1. The first kappa shape index (κ1) is 17.5. The molecule has 1 unspecified atom stereocenters. The van der Waals surface area contributed by atoms with Crippen LogP contribution < -0.4 is 5.73 Å². The summed E-state index contributed by atoms with van der Waals surface area (Å²) in [5.74, 6) is 0.454. The van der Waals surface area contributed by atoms with E-state index in [9.17, 15) is 5.26 Å². The second kappa shape index (κ2) is 7.28. The van der Waals surface area contributed by atoms with Crippen molar-refractivity contribution in [3.63, 3.8) is 0 Å². The molecule has 0 aliphatic carbocycles. The second-order valence-corrected chi connectivity index (χ2v) is 6.19. The number of allylic oxidation sites excluding steroid dienone is 4. The molecule has 4 nitrogen and oxygen atoms in total. The van der Waals surface area contributed by atoms with E-state index in [-0.39, 0.29) is 11.8 Å². The van der Waals surface area contributed by atoms with Gasteiger partial charge in [-0.15, -0.1) is 0 Å². The van der Waals surface area contributed by atoms with Crippen molar-refractivity contribution in [2.45, 2.75) is 26.2 Å². The van der Waals surface area contributed by atoms with Crippen LogP contribution in [0.2, 0.25) is 0 Å². The highest BCUT2D eigenvalue weighted by Crippen LogP contribution is 2.42. The molecule has 1 atom stereocenters. The first-order valence-corrected chi connectivity index (χ1v) is 8.54. The maximum absolute atomic E-state index is 9.64. The molecular formula is C22H21N3O. The molecule has 0 spiro atoms. The molecule has 1 aliphatic heterocycles. The van der Waals surface area contributed by atoms with Crippen molar-refractivity contribution in [1.29, 1.82) is 5.26 Å². The predicted octanol–water partition coefficient (Wildman–Crippen LogP) is 4.80. The monoisotopic (exact) mass is 343 g/mol. The Bertz CT molecular complexity index is 932. The second-order valence-electron chi connectivity index (χ2n) is 6.19. The van der Waals surface area contributed by atoms with Crippen LogP contribution in [0.1, 0.15) is 31.9 Å². The minimum atomic E-state index is -0.356. The Balaban J connectivity index is 2.07. The molecule has 4 heteroatoms. The highest BCUT2D eigenvalue weighted by atomic mass is 16.5. The Morgan fingerprint density at radius 2 is 1.96 bits per heavy atom. The maximum Gasteiger partial charge on any atom is 0.205 e. The standard InChI is InChI=1S/C22H21N3O/c1-4-14(2)20-15(3)26-22(24)18(12-23)21(20)19-11-10-17(13-25-19)16-8-6-5-7-9-16/h5-11,13,21H,2,4,24H2,1,3H3. The van der Waals surface area contributed by atoms with Gasteiger partial charge in [-0.25, -0.2) is 0 Å². The molecule has 0 bridgehead atoms. The molecular weight excluding hydrogens is 322 g/mol. The minimum absolute atomic E-state index is 0.136. The summed E-state index contributed by atoms with van der Waals surface area (Å²) in [6, 6.07) is 16.2. The molecule has 1 aromatic carbocycles. The number of pyridine rings is 1. The average molecular weight is 343 g/mol. The third kappa shape index (κ3) is 3.12. The fourth-order valence-electron chi connectivity index (χ4n) is 3.20. The van der Waals surface area contributed by atoms with Crippen LogP contribution in [-0.4, -0.2) is 4.98 Å². The zero-order valence-electron chi connectivity index (χ0n) is 15.0. The topological polar surface area (TPSA) is 71.9 Å². The number of hydrogen-bond acceptors (Lipinski definition) is 4. The van der Waals surface area contributed by atoms with Crippen LogP contribution in [-0.2, 0) is 4.74 Å². The minimum Gasteiger partial charge on any atom is -0.445 e. The summed E-state index contributed by atoms with van der Waals surface area (Å²) in [5, 5.41) is 9.64. The van der Waals surface area contributed by atoms with Gasteiger partial charge in [0.25, 0.3) is 0 Å². The van der Waals surface area contributed by atoms with Gasteiger partial charge < -0.3 is 10.5 Å². The van der Waals surface area contributed by atoms with E-state index in [0.29, 0.717) is 11.3 Å². The van der Waals surface area contributed by atoms with E-state index in [2.05, 4.69) is 17.6 Å². The van der Waals surface area contributed by atoms with Gasteiger partial charge in [-0.2, -0.15) is 5.26 Å². The molecule has 0 radical (unpaired) electrons. The van der Waals surface area contributed by atoms with E-state index in [1.165, 1.54) is 0 Å². The summed E-state index contributed by atoms with van der Waals surface area (Å²) in [7, 11) is 0. The van der Waals surface area contributed by atoms with Gasteiger partial charge in [0, 0.05) is 17.3 Å². The molecule has 1 aromatic heterocycles. The van der Waals surface area contributed by atoms with E-state index < -0.39 is 0 Å². The van der Waals surface area contributed by atoms with E-state index in [4.69, 9.17) is 10.5 Å².